The maximum atomic E-state index is 12.6. The van der Waals surface area contributed by atoms with E-state index in [-0.39, 0.29) is 5.91 Å². The lowest BCUT2D eigenvalue weighted by Gasteiger charge is -2.18. The van der Waals surface area contributed by atoms with Crippen molar-refractivity contribution >= 4 is 39.5 Å². The number of nitrogen functional groups attached to an aromatic ring is 1. The molecule has 1 aliphatic rings. The second-order valence-electron chi connectivity index (χ2n) is 5.52. The molecule has 5 heteroatoms. The number of rotatable bonds is 2. The van der Waals surface area contributed by atoms with Crippen LogP contribution in [-0.4, -0.2) is 5.91 Å². The zero-order chi connectivity index (χ0) is 15.0. The standard InChI is InChI=1S/C16H17ClN2OS/c1-9-6-7-10-13(8-9)21-15(18)14(10)16(20)19-12-5-3-2-4-11(12)17/h2-5,9H,6-8,18H2,1H3,(H,19,20)/t9-/m1/s1. The van der Waals surface area contributed by atoms with Gasteiger partial charge in [-0.25, -0.2) is 0 Å². The van der Waals surface area contributed by atoms with E-state index in [1.807, 2.05) is 12.1 Å². The molecule has 1 aromatic heterocycles. The van der Waals surface area contributed by atoms with E-state index in [1.165, 1.54) is 4.88 Å². The maximum absolute atomic E-state index is 12.6. The Hall–Kier alpha value is -1.52. The first kappa shape index (κ1) is 14.4. The summed E-state index contributed by atoms with van der Waals surface area (Å²) >= 11 is 7.64. The molecule has 110 valence electrons. The monoisotopic (exact) mass is 320 g/mol. The average molecular weight is 321 g/mol. The molecule has 0 radical (unpaired) electrons. The van der Waals surface area contributed by atoms with Gasteiger partial charge >= 0.3 is 0 Å². The van der Waals surface area contributed by atoms with Gasteiger partial charge in [0.25, 0.3) is 5.91 Å². The summed E-state index contributed by atoms with van der Waals surface area (Å²) in [5, 5.41) is 4.01. The summed E-state index contributed by atoms with van der Waals surface area (Å²) in [5.41, 5.74) is 8.47. The fourth-order valence-corrected chi connectivity index (χ4v) is 4.23. The Morgan fingerprint density at radius 1 is 1.43 bits per heavy atom. The molecule has 1 aliphatic carbocycles. The van der Waals surface area contributed by atoms with Crippen molar-refractivity contribution in [3.63, 3.8) is 0 Å². The van der Waals surface area contributed by atoms with E-state index in [9.17, 15) is 4.79 Å². The SMILES string of the molecule is C[C@@H]1CCc2c(sc(N)c2C(=O)Nc2ccccc2Cl)C1. The fraction of sp³-hybridized carbons (Fsp3) is 0.312. The van der Waals surface area contributed by atoms with Crippen LogP contribution in [-0.2, 0) is 12.8 Å². The number of carbonyl (C=O) groups is 1. The first-order valence-electron chi connectivity index (χ1n) is 7.02. The molecule has 0 unspecified atom stereocenters. The van der Waals surface area contributed by atoms with Crippen LogP contribution in [0.4, 0.5) is 10.7 Å². The normalized spacial score (nSPS) is 17.3. The number of para-hydroxylation sites is 1. The summed E-state index contributed by atoms with van der Waals surface area (Å²) in [6.07, 6.45) is 3.05. The molecule has 0 bridgehead atoms. The summed E-state index contributed by atoms with van der Waals surface area (Å²) in [6, 6.07) is 7.22. The Labute approximate surface area is 133 Å². The second-order valence-corrected chi connectivity index (χ2v) is 7.07. The van der Waals surface area contributed by atoms with Crippen LogP contribution in [0.3, 0.4) is 0 Å². The Morgan fingerprint density at radius 3 is 2.95 bits per heavy atom. The second kappa shape index (κ2) is 5.70. The van der Waals surface area contributed by atoms with Gasteiger partial charge in [0.1, 0.15) is 0 Å². The van der Waals surface area contributed by atoms with E-state index in [2.05, 4.69) is 12.2 Å². The van der Waals surface area contributed by atoms with Crippen molar-refractivity contribution in [1.82, 2.24) is 0 Å². The zero-order valence-corrected chi connectivity index (χ0v) is 13.4. The molecule has 2 aromatic rings. The predicted octanol–water partition coefficient (Wildman–Crippen LogP) is 4.36. The highest BCUT2D eigenvalue weighted by atomic mass is 35.5. The van der Waals surface area contributed by atoms with Crippen molar-refractivity contribution in [2.75, 3.05) is 11.1 Å². The van der Waals surface area contributed by atoms with Crippen LogP contribution in [0, 0.1) is 5.92 Å². The van der Waals surface area contributed by atoms with Crippen LogP contribution in [0.1, 0.15) is 34.1 Å². The van der Waals surface area contributed by atoms with Crippen molar-refractivity contribution in [2.45, 2.75) is 26.2 Å². The summed E-state index contributed by atoms with van der Waals surface area (Å²) in [4.78, 5) is 13.8. The molecule has 3 N–H and O–H groups in total. The molecule has 1 atom stereocenters. The number of hydrogen-bond donors (Lipinski definition) is 2. The third-order valence-corrected chi connectivity index (χ3v) is 5.30. The van der Waals surface area contributed by atoms with E-state index < -0.39 is 0 Å². The number of fused-ring (bicyclic) bond motifs is 1. The number of benzene rings is 1. The van der Waals surface area contributed by atoms with Crippen LogP contribution in [0.25, 0.3) is 0 Å². The van der Waals surface area contributed by atoms with Gasteiger partial charge in [0.05, 0.1) is 21.3 Å². The van der Waals surface area contributed by atoms with Crippen LogP contribution in [0.5, 0.6) is 0 Å². The van der Waals surface area contributed by atoms with Crippen molar-refractivity contribution in [3.8, 4) is 0 Å². The fourth-order valence-electron chi connectivity index (χ4n) is 2.77. The Bertz CT molecular complexity index is 696. The van der Waals surface area contributed by atoms with Crippen LogP contribution < -0.4 is 11.1 Å². The van der Waals surface area contributed by atoms with E-state index in [4.69, 9.17) is 17.3 Å². The first-order chi connectivity index (χ1) is 10.1. The lowest BCUT2D eigenvalue weighted by Crippen LogP contribution is -2.17. The maximum Gasteiger partial charge on any atom is 0.258 e. The number of amides is 1. The Balaban J connectivity index is 1.91. The van der Waals surface area contributed by atoms with E-state index in [1.54, 1.807) is 23.5 Å². The van der Waals surface area contributed by atoms with Crippen LogP contribution >= 0.6 is 22.9 Å². The van der Waals surface area contributed by atoms with Gasteiger partial charge in [-0.2, -0.15) is 0 Å². The van der Waals surface area contributed by atoms with Crippen LogP contribution in [0.2, 0.25) is 5.02 Å². The van der Waals surface area contributed by atoms with Crippen molar-refractivity contribution < 1.29 is 4.79 Å². The topological polar surface area (TPSA) is 55.1 Å². The van der Waals surface area contributed by atoms with E-state index in [0.29, 0.717) is 27.2 Å². The molecular weight excluding hydrogens is 304 g/mol. The molecule has 21 heavy (non-hydrogen) atoms. The highest BCUT2D eigenvalue weighted by Crippen LogP contribution is 2.38. The minimum absolute atomic E-state index is 0.160. The highest BCUT2D eigenvalue weighted by molar-refractivity contribution is 7.16. The number of anilines is 2. The summed E-state index contributed by atoms with van der Waals surface area (Å²) in [6.45, 7) is 2.24. The third kappa shape index (κ3) is 2.78. The Kier molecular flexibility index (Phi) is 3.91. The van der Waals surface area contributed by atoms with Gasteiger partial charge in [-0.15, -0.1) is 11.3 Å². The van der Waals surface area contributed by atoms with Gasteiger partial charge in [-0.1, -0.05) is 30.7 Å². The molecule has 1 heterocycles. The van der Waals surface area contributed by atoms with Gasteiger partial charge in [-0.3, -0.25) is 4.79 Å². The predicted molar refractivity (Wildman–Crippen MR) is 89.3 cm³/mol. The van der Waals surface area contributed by atoms with Gasteiger partial charge in [0.15, 0.2) is 0 Å². The zero-order valence-electron chi connectivity index (χ0n) is 11.8. The lowest BCUT2D eigenvalue weighted by molar-refractivity contribution is 0.102. The van der Waals surface area contributed by atoms with Crippen molar-refractivity contribution in [1.29, 1.82) is 0 Å². The summed E-state index contributed by atoms with van der Waals surface area (Å²) in [5.74, 6) is 0.502. The number of hydrogen-bond acceptors (Lipinski definition) is 3. The number of thiophene rings is 1. The Morgan fingerprint density at radius 2 is 2.19 bits per heavy atom. The van der Waals surface area contributed by atoms with E-state index in [0.717, 1.165) is 24.8 Å². The number of nitrogens with one attached hydrogen (secondary N) is 1. The van der Waals surface area contributed by atoms with E-state index >= 15 is 0 Å². The average Bonchev–Trinajstić information content (AvgIpc) is 2.76. The van der Waals surface area contributed by atoms with Gasteiger partial charge in [0.2, 0.25) is 0 Å². The minimum Gasteiger partial charge on any atom is -0.390 e. The van der Waals surface area contributed by atoms with Crippen molar-refractivity contribution in [3.05, 3.63) is 45.3 Å². The lowest BCUT2D eigenvalue weighted by atomic mass is 9.88. The third-order valence-electron chi connectivity index (χ3n) is 3.89. The first-order valence-corrected chi connectivity index (χ1v) is 8.21. The number of nitrogens with two attached hydrogens (primary N) is 1. The summed E-state index contributed by atoms with van der Waals surface area (Å²) in [7, 11) is 0. The highest BCUT2D eigenvalue weighted by Gasteiger charge is 2.26. The molecule has 0 aliphatic heterocycles. The molecule has 0 spiro atoms. The van der Waals surface area contributed by atoms with Gasteiger partial charge in [0, 0.05) is 4.88 Å². The number of halogens is 1. The molecule has 1 amide bonds. The smallest absolute Gasteiger partial charge is 0.258 e. The van der Waals surface area contributed by atoms with Crippen LogP contribution in [0.15, 0.2) is 24.3 Å². The quantitative estimate of drug-likeness (QED) is 0.863. The molecule has 1 aromatic carbocycles. The van der Waals surface area contributed by atoms with Gasteiger partial charge < -0.3 is 11.1 Å². The molecule has 0 saturated carbocycles. The largest absolute Gasteiger partial charge is 0.390 e. The number of carbonyl (C=O) groups excluding carboxylic acids is 1. The van der Waals surface area contributed by atoms with Crippen molar-refractivity contribution in [2.24, 2.45) is 5.92 Å². The van der Waals surface area contributed by atoms with Gasteiger partial charge in [-0.05, 0) is 42.9 Å². The molecule has 0 fully saturated rings. The molecule has 3 rings (SSSR count). The minimum atomic E-state index is -0.160. The molecular formula is C16H17ClN2OS. The molecule has 0 saturated heterocycles. The molecule has 3 nitrogen and oxygen atoms in total. The summed E-state index contributed by atoms with van der Waals surface area (Å²) < 4.78 is 0.